The van der Waals surface area contributed by atoms with Crippen molar-refractivity contribution in [2.24, 2.45) is 0 Å². The van der Waals surface area contributed by atoms with Crippen molar-refractivity contribution >= 4 is 28.9 Å². The van der Waals surface area contributed by atoms with E-state index in [1.165, 1.54) is 22.4 Å². The monoisotopic (exact) mass is 241 g/mol. The molecule has 0 bridgehead atoms. The molecule has 0 saturated heterocycles. The minimum Gasteiger partial charge on any atom is -0.380 e. The van der Waals surface area contributed by atoms with Gasteiger partial charge in [-0.2, -0.15) is 0 Å². The first-order chi connectivity index (χ1) is 8.33. The topological polar surface area (TPSA) is 12.0 Å². The lowest BCUT2D eigenvalue weighted by Gasteiger charge is -1.99. The van der Waals surface area contributed by atoms with Gasteiger partial charge in [0.05, 0.1) is 0 Å². The van der Waals surface area contributed by atoms with Gasteiger partial charge < -0.3 is 5.32 Å². The average Bonchev–Trinajstić information content (AvgIpc) is 2.76. The van der Waals surface area contributed by atoms with Gasteiger partial charge in [-0.3, -0.25) is 0 Å². The molecular weight excluding hydrogens is 230 g/mol. The molecule has 0 amide bonds. The van der Waals surface area contributed by atoms with Gasteiger partial charge >= 0.3 is 0 Å². The van der Waals surface area contributed by atoms with Gasteiger partial charge in [0.15, 0.2) is 0 Å². The second-order valence-corrected chi connectivity index (χ2v) is 4.56. The maximum atomic E-state index is 5.88. The Morgan fingerprint density at radius 3 is 2.59 bits per heavy atom. The molecular formula is C15H12ClN. The number of halogens is 1. The third-order valence-electron chi connectivity index (χ3n) is 2.95. The van der Waals surface area contributed by atoms with Crippen molar-refractivity contribution in [3.63, 3.8) is 0 Å². The fourth-order valence-corrected chi connectivity index (χ4v) is 2.22. The molecule has 0 unspecified atom stereocenters. The van der Waals surface area contributed by atoms with Gasteiger partial charge in [0.1, 0.15) is 0 Å². The van der Waals surface area contributed by atoms with E-state index in [0.29, 0.717) is 0 Å². The highest BCUT2D eigenvalue weighted by molar-refractivity contribution is 6.30. The second-order valence-electron chi connectivity index (χ2n) is 4.12. The van der Waals surface area contributed by atoms with Crippen molar-refractivity contribution in [1.29, 1.82) is 0 Å². The van der Waals surface area contributed by atoms with Gasteiger partial charge in [0.2, 0.25) is 0 Å². The number of anilines is 1. The lowest BCUT2D eigenvalue weighted by atomic mass is 10.0. The Bertz CT molecular complexity index is 570. The van der Waals surface area contributed by atoms with E-state index in [1.54, 1.807) is 0 Å². The molecule has 0 atom stereocenters. The highest BCUT2D eigenvalue weighted by Gasteiger charge is 2.13. The third kappa shape index (κ3) is 2.06. The van der Waals surface area contributed by atoms with Crippen LogP contribution in [0.5, 0.6) is 0 Å². The summed E-state index contributed by atoms with van der Waals surface area (Å²) < 4.78 is 0. The van der Waals surface area contributed by atoms with Crippen LogP contribution in [0.2, 0.25) is 5.02 Å². The van der Waals surface area contributed by atoms with Crippen molar-refractivity contribution < 1.29 is 0 Å². The largest absolute Gasteiger partial charge is 0.380 e. The molecule has 1 aliphatic heterocycles. The summed E-state index contributed by atoms with van der Waals surface area (Å²) in [5.41, 5.74) is 5.01. The van der Waals surface area contributed by atoms with E-state index in [9.17, 15) is 0 Å². The fourth-order valence-electron chi connectivity index (χ4n) is 2.09. The molecule has 0 saturated carbocycles. The molecule has 17 heavy (non-hydrogen) atoms. The van der Waals surface area contributed by atoms with Gasteiger partial charge in [-0.15, -0.1) is 0 Å². The van der Waals surface area contributed by atoms with Crippen molar-refractivity contribution in [3.8, 4) is 0 Å². The molecule has 0 fully saturated rings. The van der Waals surface area contributed by atoms with Crippen molar-refractivity contribution in [3.05, 3.63) is 64.7 Å². The first-order valence-electron chi connectivity index (χ1n) is 5.62. The molecule has 3 rings (SSSR count). The maximum absolute atomic E-state index is 5.88. The van der Waals surface area contributed by atoms with Crippen molar-refractivity contribution in [2.75, 3.05) is 11.9 Å². The number of nitrogens with one attached hydrogen (secondary N) is 1. The predicted octanol–water partition coefficient (Wildman–Crippen LogP) is 4.31. The predicted molar refractivity (Wildman–Crippen MR) is 74.3 cm³/mol. The Hall–Kier alpha value is -1.73. The molecule has 84 valence electrons. The second kappa shape index (κ2) is 4.27. The zero-order valence-corrected chi connectivity index (χ0v) is 10.0. The average molecular weight is 242 g/mol. The number of para-hydroxylation sites is 1. The maximum Gasteiger partial charge on any atom is 0.0419 e. The van der Waals surface area contributed by atoms with Gasteiger partial charge in [0.25, 0.3) is 0 Å². The highest BCUT2D eigenvalue weighted by atomic mass is 35.5. The standard InChI is InChI=1S/C15H12ClN/c16-13-7-5-11(6-8-13)9-12-10-17-15-4-2-1-3-14(12)15/h1-9,17H,10H2/b12-9-. The summed E-state index contributed by atoms with van der Waals surface area (Å²) in [4.78, 5) is 0. The Balaban J connectivity index is 1.99. The minimum atomic E-state index is 0.775. The molecule has 0 aliphatic carbocycles. The first-order valence-corrected chi connectivity index (χ1v) is 6.00. The van der Waals surface area contributed by atoms with Crippen LogP contribution < -0.4 is 5.32 Å². The lowest BCUT2D eigenvalue weighted by Crippen LogP contribution is -1.91. The Labute approximate surface area is 106 Å². The van der Waals surface area contributed by atoms with Crippen LogP contribution in [0.25, 0.3) is 11.6 Å². The summed E-state index contributed by atoms with van der Waals surface area (Å²) in [5.74, 6) is 0. The number of fused-ring (bicyclic) bond motifs is 1. The van der Waals surface area contributed by atoms with Crippen LogP contribution in [0.15, 0.2) is 48.5 Å². The normalized spacial score (nSPS) is 15.7. The Morgan fingerprint density at radius 2 is 1.76 bits per heavy atom. The van der Waals surface area contributed by atoms with E-state index in [2.05, 4.69) is 35.7 Å². The Kier molecular flexibility index (Phi) is 2.62. The number of benzene rings is 2. The summed E-state index contributed by atoms with van der Waals surface area (Å²) in [7, 11) is 0. The van der Waals surface area contributed by atoms with Crippen LogP contribution in [-0.4, -0.2) is 6.54 Å². The van der Waals surface area contributed by atoms with E-state index >= 15 is 0 Å². The van der Waals surface area contributed by atoms with Gasteiger partial charge in [0, 0.05) is 22.8 Å². The molecule has 1 heterocycles. The quantitative estimate of drug-likeness (QED) is 0.785. The van der Waals surface area contributed by atoms with Gasteiger partial charge in [-0.25, -0.2) is 0 Å². The zero-order chi connectivity index (χ0) is 11.7. The molecule has 2 heteroatoms. The third-order valence-corrected chi connectivity index (χ3v) is 3.21. The number of hydrogen-bond donors (Lipinski definition) is 1. The van der Waals surface area contributed by atoms with E-state index in [-0.39, 0.29) is 0 Å². The van der Waals surface area contributed by atoms with E-state index in [4.69, 9.17) is 11.6 Å². The molecule has 1 aliphatic rings. The van der Waals surface area contributed by atoms with Crippen LogP contribution in [0.4, 0.5) is 5.69 Å². The van der Waals surface area contributed by atoms with Crippen LogP contribution in [0.1, 0.15) is 11.1 Å². The molecule has 0 radical (unpaired) electrons. The molecule has 1 N–H and O–H groups in total. The van der Waals surface area contributed by atoms with E-state index in [1.807, 2.05) is 24.3 Å². The summed E-state index contributed by atoms with van der Waals surface area (Å²) >= 11 is 5.88. The number of rotatable bonds is 1. The van der Waals surface area contributed by atoms with Gasteiger partial charge in [-0.1, -0.05) is 41.9 Å². The molecule has 0 aromatic heterocycles. The van der Waals surface area contributed by atoms with Crippen LogP contribution in [-0.2, 0) is 0 Å². The summed E-state index contributed by atoms with van der Waals surface area (Å²) in [6, 6.07) is 16.3. The van der Waals surface area contributed by atoms with Crippen molar-refractivity contribution in [1.82, 2.24) is 0 Å². The minimum absolute atomic E-state index is 0.775. The molecule has 0 spiro atoms. The molecule has 1 nitrogen and oxygen atoms in total. The highest BCUT2D eigenvalue weighted by Crippen LogP contribution is 2.31. The van der Waals surface area contributed by atoms with E-state index < -0.39 is 0 Å². The molecule has 2 aromatic rings. The molecule has 2 aromatic carbocycles. The summed E-state index contributed by atoms with van der Waals surface area (Å²) in [6.45, 7) is 0.891. The van der Waals surface area contributed by atoms with E-state index in [0.717, 1.165) is 11.6 Å². The summed E-state index contributed by atoms with van der Waals surface area (Å²) in [5, 5.41) is 4.16. The van der Waals surface area contributed by atoms with Crippen LogP contribution >= 0.6 is 11.6 Å². The lowest BCUT2D eigenvalue weighted by molar-refractivity contribution is 1.45. The Morgan fingerprint density at radius 1 is 1.00 bits per heavy atom. The first kappa shape index (κ1) is 10.4. The van der Waals surface area contributed by atoms with Crippen LogP contribution in [0.3, 0.4) is 0 Å². The fraction of sp³-hybridized carbons (Fsp3) is 0.0667. The smallest absolute Gasteiger partial charge is 0.0419 e. The summed E-state index contributed by atoms with van der Waals surface area (Å²) in [6.07, 6.45) is 2.20. The van der Waals surface area contributed by atoms with Crippen molar-refractivity contribution in [2.45, 2.75) is 0 Å². The number of hydrogen-bond acceptors (Lipinski definition) is 1. The van der Waals surface area contributed by atoms with Gasteiger partial charge in [-0.05, 0) is 35.4 Å². The zero-order valence-electron chi connectivity index (χ0n) is 9.28. The SMILES string of the molecule is Clc1ccc(/C=C2/CNc3ccccc32)cc1. The van der Waals surface area contributed by atoms with Crippen LogP contribution in [0, 0.1) is 0 Å².